The molecule has 0 heterocycles. The van der Waals surface area contributed by atoms with Gasteiger partial charge in [-0.1, -0.05) is 48.8 Å². The Balaban J connectivity index is 2.75. The third-order valence-electron chi connectivity index (χ3n) is 1.98. The summed E-state index contributed by atoms with van der Waals surface area (Å²) in [6.07, 6.45) is 2.21. The molecule has 0 spiro atoms. The van der Waals surface area contributed by atoms with Gasteiger partial charge in [0.1, 0.15) is 6.29 Å². The summed E-state index contributed by atoms with van der Waals surface area (Å²) in [4.78, 5) is 10.6. The van der Waals surface area contributed by atoms with E-state index in [0.29, 0.717) is 0 Å². The van der Waals surface area contributed by atoms with E-state index in [-0.39, 0.29) is 9.52 Å². The van der Waals surface area contributed by atoms with Crippen molar-refractivity contribution in [3.63, 3.8) is 0 Å². The van der Waals surface area contributed by atoms with Crippen LogP contribution in [0, 0.1) is 0 Å². The molecule has 12 heavy (non-hydrogen) atoms. The Morgan fingerprint density at radius 1 is 1.42 bits per heavy atom. The van der Waals surface area contributed by atoms with Crippen molar-refractivity contribution < 1.29 is 4.79 Å². The molecule has 0 saturated heterocycles. The van der Waals surface area contributed by atoms with Gasteiger partial charge in [-0.3, -0.25) is 4.79 Å². The molecule has 2 heteroatoms. The zero-order chi connectivity index (χ0) is 8.81. The zero-order valence-electron chi connectivity index (χ0n) is 7.42. The lowest BCUT2D eigenvalue weighted by atomic mass is 10.2. The molecule has 0 unspecified atom stereocenters. The summed E-state index contributed by atoms with van der Waals surface area (Å²) in [7, 11) is -0.183. The van der Waals surface area contributed by atoms with Gasteiger partial charge in [-0.05, 0) is 0 Å². The average Bonchev–Trinajstić information content (AvgIpc) is 2.15. The second-order valence-corrected chi connectivity index (χ2v) is 4.89. The molecule has 0 aliphatic carbocycles. The Kier molecular flexibility index (Phi) is 3.74. The van der Waals surface area contributed by atoms with E-state index in [1.807, 2.05) is 18.2 Å². The predicted molar refractivity (Wildman–Crippen MR) is 55.1 cm³/mol. The van der Waals surface area contributed by atoms with Crippen LogP contribution in [-0.2, 0) is 0 Å². The molecular formula is C10H14OSi. The summed E-state index contributed by atoms with van der Waals surface area (Å²) < 4.78 is 0. The van der Waals surface area contributed by atoms with Crippen LogP contribution in [0.25, 0.3) is 0 Å². The van der Waals surface area contributed by atoms with Crippen LogP contribution in [0.1, 0.15) is 23.7 Å². The van der Waals surface area contributed by atoms with Crippen LogP contribution in [0.4, 0.5) is 0 Å². The van der Waals surface area contributed by atoms with Gasteiger partial charge in [0.05, 0.1) is 9.52 Å². The normalized spacial score (nSPS) is 10.8. The standard InChI is InChI=1S/C10H14OSi/c1-2-7-12-10-6-4-3-5-9(10)8-11/h3-6,8H,2,7,12H2,1H3. The summed E-state index contributed by atoms with van der Waals surface area (Å²) in [5.41, 5.74) is 0.901. The van der Waals surface area contributed by atoms with E-state index < -0.39 is 0 Å². The molecule has 1 aromatic carbocycles. The minimum Gasteiger partial charge on any atom is -0.298 e. The van der Waals surface area contributed by atoms with Crippen molar-refractivity contribution >= 4 is 21.0 Å². The number of carbonyl (C=O) groups excluding carboxylic acids is 1. The first-order chi connectivity index (χ1) is 5.88. The number of carbonyl (C=O) groups is 1. The number of rotatable bonds is 4. The highest BCUT2D eigenvalue weighted by Crippen LogP contribution is 1.94. The van der Waals surface area contributed by atoms with Crippen LogP contribution in [0.3, 0.4) is 0 Å². The number of hydrogen-bond acceptors (Lipinski definition) is 1. The molecule has 0 fully saturated rings. The number of benzene rings is 1. The van der Waals surface area contributed by atoms with E-state index in [1.165, 1.54) is 17.7 Å². The minimum absolute atomic E-state index is 0.183. The van der Waals surface area contributed by atoms with Crippen molar-refractivity contribution in [3.05, 3.63) is 29.8 Å². The molecule has 1 rings (SSSR count). The Morgan fingerprint density at radius 2 is 2.17 bits per heavy atom. The average molecular weight is 178 g/mol. The fraction of sp³-hybridized carbons (Fsp3) is 0.300. The molecular weight excluding hydrogens is 164 g/mol. The van der Waals surface area contributed by atoms with Gasteiger partial charge in [-0.25, -0.2) is 0 Å². The Hall–Kier alpha value is -0.893. The first-order valence-corrected chi connectivity index (χ1v) is 6.12. The van der Waals surface area contributed by atoms with Crippen LogP contribution in [-0.4, -0.2) is 15.8 Å². The molecule has 0 aliphatic heterocycles. The van der Waals surface area contributed by atoms with E-state index in [0.717, 1.165) is 11.8 Å². The largest absolute Gasteiger partial charge is 0.298 e. The monoisotopic (exact) mass is 178 g/mol. The van der Waals surface area contributed by atoms with Gasteiger partial charge >= 0.3 is 0 Å². The molecule has 0 saturated carbocycles. The van der Waals surface area contributed by atoms with Gasteiger partial charge in [0.15, 0.2) is 0 Å². The molecule has 0 N–H and O–H groups in total. The van der Waals surface area contributed by atoms with Crippen LogP contribution in [0.5, 0.6) is 0 Å². The SMILES string of the molecule is CCC[SiH2]c1ccccc1C=O. The molecule has 0 aromatic heterocycles. The van der Waals surface area contributed by atoms with Gasteiger partial charge < -0.3 is 0 Å². The molecule has 0 amide bonds. The van der Waals surface area contributed by atoms with Gasteiger partial charge in [0, 0.05) is 5.56 Å². The summed E-state index contributed by atoms with van der Waals surface area (Å²) >= 11 is 0. The van der Waals surface area contributed by atoms with E-state index in [4.69, 9.17) is 0 Å². The highest BCUT2D eigenvalue weighted by molar-refractivity contribution is 6.54. The highest BCUT2D eigenvalue weighted by atomic mass is 28.2. The number of hydrogen-bond donors (Lipinski definition) is 0. The lowest BCUT2D eigenvalue weighted by Crippen LogP contribution is -2.18. The summed E-state index contributed by atoms with van der Waals surface area (Å²) in [6, 6.07) is 9.24. The third-order valence-corrected chi connectivity index (χ3v) is 4.23. The third kappa shape index (κ3) is 2.31. The Bertz CT molecular complexity index is 258. The maximum atomic E-state index is 10.6. The van der Waals surface area contributed by atoms with Crippen molar-refractivity contribution in [3.8, 4) is 0 Å². The molecule has 64 valence electrons. The molecule has 0 atom stereocenters. The smallest absolute Gasteiger partial charge is 0.149 e. The quantitative estimate of drug-likeness (QED) is 0.499. The predicted octanol–water partition coefficient (Wildman–Crippen LogP) is 1.12. The Labute approximate surface area is 75.6 Å². The second kappa shape index (κ2) is 4.88. The molecule has 0 bridgehead atoms. The molecule has 1 aromatic rings. The van der Waals surface area contributed by atoms with Crippen LogP contribution >= 0.6 is 0 Å². The van der Waals surface area contributed by atoms with Crippen LogP contribution in [0.2, 0.25) is 6.04 Å². The molecule has 0 radical (unpaired) electrons. The highest BCUT2D eigenvalue weighted by Gasteiger charge is 1.98. The molecule has 0 aliphatic rings. The number of aldehydes is 1. The van der Waals surface area contributed by atoms with Crippen LogP contribution < -0.4 is 5.19 Å². The fourth-order valence-corrected chi connectivity index (χ4v) is 2.77. The van der Waals surface area contributed by atoms with Gasteiger partial charge in [0.25, 0.3) is 0 Å². The zero-order valence-corrected chi connectivity index (χ0v) is 8.83. The van der Waals surface area contributed by atoms with E-state index in [9.17, 15) is 4.79 Å². The summed E-state index contributed by atoms with van der Waals surface area (Å²) in [6.45, 7) is 2.19. The minimum atomic E-state index is -0.183. The van der Waals surface area contributed by atoms with E-state index in [1.54, 1.807) is 0 Å². The van der Waals surface area contributed by atoms with E-state index >= 15 is 0 Å². The maximum absolute atomic E-state index is 10.6. The van der Waals surface area contributed by atoms with Crippen molar-refractivity contribution in [2.24, 2.45) is 0 Å². The first kappa shape index (κ1) is 9.20. The fourth-order valence-electron chi connectivity index (χ4n) is 1.24. The summed E-state index contributed by atoms with van der Waals surface area (Å²) in [5, 5.41) is 1.31. The second-order valence-electron chi connectivity index (χ2n) is 2.92. The van der Waals surface area contributed by atoms with E-state index in [2.05, 4.69) is 13.0 Å². The van der Waals surface area contributed by atoms with Crippen molar-refractivity contribution in [2.75, 3.05) is 0 Å². The topological polar surface area (TPSA) is 17.1 Å². The Morgan fingerprint density at radius 3 is 2.83 bits per heavy atom. The van der Waals surface area contributed by atoms with Gasteiger partial charge in [-0.15, -0.1) is 0 Å². The molecule has 1 nitrogen and oxygen atoms in total. The van der Waals surface area contributed by atoms with Crippen molar-refractivity contribution in [2.45, 2.75) is 19.4 Å². The van der Waals surface area contributed by atoms with Crippen LogP contribution in [0.15, 0.2) is 24.3 Å². The maximum Gasteiger partial charge on any atom is 0.149 e. The lowest BCUT2D eigenvalue weighted by Gasteiger charge is -2.01. The lowest BCUT2D eigenvalue weighted by molar-refractivity contribution is 0.112. The van der Waals surface area contributed by atoms with Crippen molar-refractivity contribution in [1.82, 2.24) is 0 Å². The van der Waals surface area contributed by atoms with Gasteiger partial charge in [-0.2, -0.15) is 0 Å². The van der Waals surface area contributed by atoms with Gasteiger partial charge in [0.2, 0.25) is 0 Å². The first-order valence-electron chi connectivity index (χ1n) is 4.41. The summed E-state index contributed by atoms with van der Waals surface area (Å²) in [5.74, 6) is 0. The van der Waals surface area contributed by atoms with Crippen molar-refractivity contribution in [1.29, 1.82) is 0 Å².